The zero-order chi connectivity index (χ0) is 21.0. The first-order chi connectivity index (χ1) is 13.9. The van der Waals surface area contributed by atoms with Crippen LogP contribution < -0.4 is 10.1 Å². The molecule has 152 valence electrons. The van der Waals surface area contributed by atoms with Gasteiger partial charge in [0.2, 0.25) is 5.82 Å². The number of aliphatic hydroxyl groups excluding tert-OH is 1. The molecule has 0 radical (unpaired) electrons. The minimum absolute atomic E-state index is 0.0574. The van der Waals surface area contributed by atoms with Crippen LogP contribution in [0, 0.1) is 17.9 Å². The zero-order valence-corrected chi connectivity index (χ0v) is 17.0. The third-order valence-electron chi connectivity index (χ3n) is 4.65. The van der Waals surface area contributed by atoms with E-state index in [1.54, 1.807) is 13.2 Å². The highest BCUT2D eigenvalue weighted by Crippen LogP contribution is 2.32. The van der Waals surface area contributed by atoms with E-state index in [0.717, 1.165) is 16.9 Å². The van der Waals surface area contributed by atoms with Gasteiger partial charge in [0.25, 0.3) is 5.89 Å². The van der Waals surface area contributed by atoms with Crippen LogP contribution in [-0.2, 0) is 0 Å². The van der Waals surface area contributed by atoms with Gasteiger partial charge in [-0.15, -0.1) is 0 Å². The SMILES string of the molecule is COc1ccc(-c2nc(-c3ccc(NCC(C)(C)CO)c(N=N)c3)no2)c(C)c1. The molecular weight excluding hydrogens is 370 g/mol. The van der Waals surface area contributed by atoms with Gasteiger partial charge in [0.1, 0.15) is 11.4 Å². The number of rotatable bonds is 8. The summed E-state index contributed by atoms with van der Waals surface area (Å²) in [6.07, 6.45) is 0. The average Bonchev–Trinajstić information content (AvgIpc) is 3.22. The number of ether oxygens (including phenoxy) is 1. The maximum Gasteiger partial charge on any atom is 0.258 e. The van der Waals surface area contributed by atoms with Crippen LogP contribution >= 0.6 is 0 Å². The van der Waals surface area contributed by atoms with E-state index in [1.165, 1.54) is 0 Å². The molecule has 3 rings (SSSR count). The number of benzene rings is 2. The first-order valence-corrected chi connectivity index (χ1v) is 9.22. The molecule has 0 unspecified atom stereocenters. The highest BCUT2D eigenvalue weighted by molar-refractivity contribution is 5.73. The second-order valence-electron chi connectivity index (χ2n) is 7.62. The van der Waals surface area contributed by atoms with Gasteiger partial charge in [0.05, 0.1) is 12.8 Å². The van der Waals surface area contributed by atoms with Gasteiger partial charge in [0, 0.05) is 29.7 Å². The van der Waals surface area contributed by atoms with Gasteiger partial charge in [-0.1, -0.05) is 19.0 Å². The van der Waals surface area contributed by atoms with Crippen LogP contribution in [0.1, 0.15) is 19.4 Å². The lowest BCUT2D eigenvalue weighted by atomic mass is 9.95. The van der Waals surface area contributed by atoms with Crippen molar-refractivity contribution in [3.8, 4) is 28.6 Å². The van der Waals surface area contributed by atoms with Crippen LogP contribution in [0.15, 0.2) is 46.0 Å². The Hall–Kier alpha value is -3.26. The molecule has 29 heavy (non-hydrogen) atoms. The van der Waals surface area contributed by atoms with Crippen LogP contribution in [0.2, 0.25) is 0 Å². The Morgan fingerprint density at radius 2 is 2.03 bits per heavy atom. The van der Waals surface area contributed by atoms with Crippen LogP contribution in [0.4, 0.5) is 11.4 Å². The highest BCUT2D eigenvalue weighted by Gasteiger charge is 2.18. The standard InChI is InChI=1S/C21H25N5O3/c1-13-9-15(28-4)6-7-16(13)20-24-19(26-29-20)14-5-8-17(18(10-14)25-22)23-11-21(2,3)12-27/h5-10,22-23,27H,11-12H2,1-4H3. The van der Waals surface area contributed by atoms with Crippen molar-refractivity contribution in [3.63, 3.8) is 0 Å². The Balaban J connectivity index is 1.86. The fraction of sp³-hybridized carbons (Fsp3) is 0.333. The van der Waals surface area contributed by atoms with Gasteiger partial charge in [-0.2, -0.15) is 10.1 Å². The molecule has 0 bridgehead atoms. The first-order valence-electron chi connectivity index (χ1n) is 9.22. The van der Waals surface area contributed by atoms with Gasteiger partial charge in [-0.3, -0.25) is 0 Å². The smallest absolute Gasteiger partial charge is 0.258 e. The largest absolute Gasteiger partial charge is 0.497 e. The lowest BCUT2D eigenvalue weighted by molar-refractivity contribution is 0.171. The number of nitrogens with one attached hydrogen (secondary N) is 2. The highest BCUT2D eigenvalue weighted by atomic mass is 16.5. The summed E-state index contributed by atoms with van der Waals surface area (Å²) in [5, 5.41) is 20.3. The Labute approximate surface area is 169 Å². The van der Waals surface area contributed by atoms with E-state index in [-0.39, 0.29) is 12.0 Å². The molecule has 3 N–H and O–H groups in total. The number of methoxy groups -OCH3 is 1. The quantitative estimate of drug-likeness (QED) is 0.471. The lowest BCUT2D eigenvalue weighted by Gasteiger charge is -2.23. The minimum Gasteiger partial charge on any atom is -0.497 e. The molecule has 0 atom stereocenters. The topological polar surface area (TPSA) is 117 Å². The fourth-order valence-corrected chi connectivity index (χ4v) is 2.76. The van der Waals surface area contributed by atoms with E-state index >= 15 is 0 Å². The van der Waals surface area contributed by atoms with Gasteiger partial charge in [-0.25, -0.2) is 5.53 Å². The van der Waals surface area contributed by atoms with E-state index in [9.17, 15) is 5.11 Å². The van der Waals surface area contributed by atoms with Crippen molar-refractivity contribution in [3.05, 3.63) is 42.0 Å². The molecule has 0 amide bonds. The summed E-state index contributed by atoms with van der Waals surface area (Å²) in [5.74, 6) is 1.60. The summed E-state index contributed by atoms with van der Waals surface area (Å²) in [7, 11) is 1.62. The summed E-state index contributed by atoms with van der Waals surface area (Å²) >= 11 is 0. The van der Waals surface area contributed by atoms with E-state index in [0.29, 0.717) is 35.2 Å². The summed E-state index contributed by atoms with van der Waals surface area (Å²) in [4.78, 5) is 4.50. The number of anilines is 1. The van der Waals surface area contributed by atoms with Gasteiger partial charge in [-0.05, 0) is 48.9 Å². The Morgan fingerprint density at radius 1 is 1.24 bits per heavy atom. The second-order valence-corrected chi connectivity index (χ2v) is 7.62. The molecule has 0 aliphatic carbocycles. The van der Waals surface area contributed by atoms with Gasteiger partial charge in [0.15, 0.2) is 0 Å². The van der Waals surface area contributed by atoms with Crippen molar-refractivity contribution in [2.45, 2.75) is 20.8 Å². The molecule has 8 nitrogen and oxygen atoms in total. The molecular formula is C21H25N5O3. The van der Waals surface area contributed by atoms with Crippen molar-refractivity contribution < 1.29 is 14.4 Å². The molecule has 0 spiro atoms. The predicted octanol–water partition coefficient (Wildman–Crippen LogP) is 4.81. The van der Waals surface area contributed by atoms with Crippen molar-refractivity contribution >= 4 is 11.4 Å². The Bertz CT molecular complexity index is 1010. The number of nitrogens with zero attached hydrogens (tertiary/aromatic N) is 3. The van der Waals surface area contributed by atoms with E-state index < -0.39 is 0 Å². The van der Waals surface area contributed by atoms with Crippen molar-refractivity contribution in [2.24, 2.45) is 10.5 Å². The van der Waals surface area contributed by atoms with Crippen LogP contribution in [0.5, 0.6) is 5.75 Å². The first kappa shape index (κ1) is 20.5. The normalized spacial score (nSPS) is 11.3. The third kappa shape index (κ3) is 4.60. The molecule has 0 fully saturated rings. The monoisotopic (exact) mass is 395 g/mol. The van der Waals surface area contributed by atoms with Gasteiger partial charge < -0.3 is 19.7 Å². The molecule has 0 saturated heterocycles. The molecule has 0 saturated carbocycles. The maximum absolute atomic E-state index is 9.40. The zero-order valence-electron chi connectivity index (χ0n) is 17.0. The number of aliphatic hydroxyl groups is 1. The molecule has 0 aliphatic rings. The molecule has 2 aromatic carbocycles. The average molecular weight is 395 g/mol. The lowest BCUT2D eigenvalue weighted by Crippen LogP contribution is -2.26. The second kappa shape index (κ2) is 8.40. The van der Waals surface area contributed by atoms with E-state index in [1.807, 2.05) is 51.1 Å². The number of hydrogen-bond acceptors (Lipinski definition) is 8. The van der Waals surface area contributed by atoms with E-state index in [4.69, 9.17) is 14.8 Å². The number of aryl methyl sites for hydroxylation is 1. The number of hydrogen-bond donors (Lipinski definition) is 3. The summed E-state index contributed by atoms with van der Waals surface area (Å²) < 4.78 is 10.7. The molecule has 1 aromatic heterocycles. The number of aromatic nitrogens is 2. The fourth-order valence-electron chi connectivity index (χ4n) is 2.76. The summed E-state index contributed by atoms with van der Waals surface area (Å²) in [5.41, 5.74) is 10.9. The Morgan fingerprint density at radius 3 is 2.69 bits per heavy atom. The van der Waals surface area contributed by atoms with Crippen molar-refractivity contribution in [1.82, 2.24) is 10.1 Å². The third-order valence-corrected chi connectivity index (χ3v) is 4.65. The summed E-state index contributed by atoms with van der Waals surface area (Å²) in [6, 6.07) is 11.0. The molecule has 0 aliphatic heterocycles. The van der Waals surface area contributed by atoms with E-state index in [2.05, 4.69) is 20.6 Å². The van der Waals surface area contributed by atoms with Gasteiger partial charge >= 0.3 is 0 Å². The summed E-state index contributed by atoms with van der Waals surface area (Å²) in [6.45, 7) is 6.46. The molecule has 1 heterocycles. The van der Waals surface area contributed by atoms with Crippen LogP contribution in [0.3, 0.4) is 0 Å². The Kier molecular flexibility index (Phi) is 5.93. The van der Waals surface area contributed by atoms with Crippen molar-refractivity contribution in [1.29, 1.82) is 5.53 Å². The van der Waals surface area contributed by atoms with Crippen LogP contribution in [0.25, 0.3) is 22.8 Å². The minimum atomic E-state index is -0.281. The molecule has 8 heteroatoms. The molecule has 3 aromatic rings. The maximum atomic E-state index is 9.40. The predicted molar refractivity (Wildman–Crippen MR) is 111 cm³/mol. The van der Waals surface area contributed by atoms with Crippen LogP contribution in [-0.4, -0.2) is 35.5 Å². The van der Waals surface area contributed by atoms with Crippen molar-refractivity contribution in [2.75, 3.05) is 25.6 Å².